The van der Waals surface area contributed by atoms with Crippen LogP contribution in [0.4, 0.5) is 0 Å². The Balaban J connectivity index is 1.93. The summed E-state index contributed by atoms with van der Waals surface area (Å²) in [4.78, 5) is 22.0. The number of ether oxygens (including phenoxy) is 1. The normalized spacial score (nSPS) is 17.3. The van der Waals surface area contributed by atoms with Crippen molar-refractivity contribution >= 4 is 11.9 Å². The first-order valence-corrected chi connectivity index (χ1v) is 6.86. The molecular formula is C13H19N3O5. The average Bonchev–Trinajstić information content (AvgIpc) is 2.83. The van der Waals surface area contributed by atoms with Crippen LogP contribution in [-0.2, 0) is 27.3 Å². The van der Waals surface area contributed by atoms with Gasteiger partial charge in [0, 0.05) is 11.3 Å². The fourth-order valence-electron chi connectivity index (χ4n) is 2.52. The number of nitrogens with one attached hydrogen (secondary N) is 1. The Morgan fingerprint density at radius 1 is 1.48 bits per heavy atom. The predicted molar refractivity (Wildman–Crippen MR) is 71.6 cm³/mol. The molecule has 1 aromatic heterocycles. The highest BCUT2D eigenvalue weighted by molar-refractivity contribution is 5.78. The Morgan fingerprint density at radius 2 is 2.29 bits per heavy atom. The average molecular weight is 297 g/mol. The van der Waals surface area contributed by atoms with Gasteiger partial charge in [0.05, 0.1) is 25.4 Å². The van der Waals surface area contributed by atoms with Crippen molar-refractivity contribution in [2.45, 2.75) is 31.8 Å². The number of nitrogens with zero attached hydrogens (tertiary/aromatic N) is 2. The van der Waals surface area contributed by atoms with Crippen molar-refractivity contribution in [3.63, 3.8) is 0 Å². The molecule has 0 saturated heterocycles. The first-order valence-electron chi connectivity index (χ1n) is 6.86. The molecule has 1 aliphatic rings. The van der Waals surface area contributed by atoms with E-state index >= 15 is 0 Å². The molecule has 0 fully saturated rings. The minimum Gasteiger partial charge on any atom is -0.480 e. The predicted octanol–water partition coefficient (Wildman–Crippen LogP) is -0.530. The molecule has 2 rings (SSSR count). The van der Waals surface area contributed by atoms with Gasteiger partial charge in [0.25, 0.3) is 0 Å². The van der Waals surface area contributed by atoms with E-state index in [2.05, 4.69) is 10.4 Å². The van der Waals surface area contributed by atoms with Gasteiger partial charge in [-0.15, -0.1) is 0 Å². The number of carboxylic acids is 1. The largest absolute Gasteiger partial charge is 0.480 e. The molecule has 0 spiro atoms. The zero-order valence-corrected chi connectivity index (χ0v) is 11.6. The molecule has 21 heavy (non-hydrogen) atoms. The van der Waals surface area contributed by atoms with Gasteiger partial charge in [0.15, 0.2) is 0 Å². The van der Waals surface area contributed by atoms with Crippen LogP contribution in [-0.4, -0.2) is 51.7 Å². The maximum atomic E-state index is 11.7. The number of fused-ring (bicyclic) bond motifs is 1. The molecule has 1 atom stereocenters. The van der Waals surface area contributed by atoms with E-state index in [1.54, 1.807) is 10.9 Å². The van der Waals surface area contributed by atoms with Crippen LogP contribution in [0.15, 0.2) is 6.20 Å². The van der Waals surface area contributed by atoms with E-state index in [1.165, 1.54) is 0 Å². The van der Waals surface area contributed by atoms with Gasteiger partial charge in [-0.2, -0.15) is 5.10 Å². The Kier molecular flexibility index (Phi) is 5.29. The van der Waals surface area contributed by atoms with Crippen LogP contribution in [0.2, 0.25) is 0 Å². The number of amides is 1. The van der Waals surface area contributed by atoms with Gasteiger partial charge in [-0.05, 0) is 19.3 Å². The summed E-state index contributed by atoms with van der Waals surface area (Å²) in [6, 6.07) is -0.137. The lowest BCUT2D eigenvalue weighted by Crippen LogP contribution is -2.34. The van der Waals surface area contributed by atoms with Gasteiger partial charge in [-0.3, -0.25) is 9.48 Å². The molecule has 1 aliphatic carbocycles. The lowest BCUT2D eigenvalue weighted by Gasteiger charge is -2.24. The molecule has 0 radical (unpaired) electrons. The summed E-state index contributed by atoms with van der Waals surface area (Å²) in [5.74, 6) is -1.45. The van der Waals surface area contributed by atoms with Gasteiger partial charge < -0.3 is 20.3 Å². The maximum Gasteiger partial charge on any atom is 0.329 e. The van der Waals surface area contributed by atoms with E-state index in [-0.39, 0.29) is 25.2 Å². The van der Waals surface area contributed by atoms with Crippen molar-refractivity contribution in [2.24, 2.45) is 0 Å². The lowest BCUT2D eigenvalue weighted by atomic mass is 9.93. The molecule has 0 bridgehead atoms. The smallest absolute Gasteiger partial charge is 0.329 e. The molecule has 0 aromatic carbocycles. The number of aliphatic carboxylic acids is 1. The molecule has 1 unspecified atom stereocenters. The summed E-state index contributed by atoms with van der Waals surface area (Å²) in [5.41, 5.74) is 1.99. The number of aliphatic hydroxyl groups is 1. The summed E-state index contributed by atoms with van der Waals surface area (Å²) in [7, 11) is 0. The minimum atomic E-state index is -1.10. The van der Waals surface area contributed by atoms with Crippen molar-refractivity contribution in [1.29, 1.82) is 0 Å². The topological polar surface area (TPSA) is 114 Å². The number of carboxylic acid groups (broad SMARTS) is 1. The minimum absolute atomic E-state index is 0.0220. The summed E-state index contributed by atoms with van der Waals surface area (Å²) in [6.07, 6.45) is 4.32. The number of aliphatic hydroxyl groups excluding tert-OH is 1. The highest BCUT2D eigenvalue weighted by Crippen LogP contribution is 2.29. The summed E-state index contributed by atoms with van der Waals surface area (Å²) < 4.78 is 6.52. The molecule has 1 heterocycles. The molecule has 0 saturated carbocycles. The molecule has 8 heteroatoms. The van der Waals surface area contributed by atoms with Crippen molar-refractivity contribution in [3.8, 4) is 0 Å². The second kappa shape index (κ2) is 7.19. The summed E-state index contributed by atoms with van der Waals surface area (Å²) in [5, 5.41) is 24.5. The summed E-state index contributed by atoms with van der Waals surface area (Å²) in [6.45, 7) is -0.299. The molecule has 1 aromatic rings. The Morgan fingerprint density at radius 3 is 3.00 bits per heavy atom. The molecule has 116 valence electrons. The van der Waals surface area contributed by atoms with E-state index in [4.69, 9.17) is 14.9 Å². The van der Waals surface area contributed by atoms with E-state index in [0.717, 1.165) is 30.5 Å². The van der Waals surface area contributed by atoms with E-state index in [9.17, 15) is 9.59 Å². The first kappa shape index (κ1) is 15.5. The van der Waals surface area contributed by atoms with Gasteiger partial charge in [0.1, 0.15) is 13.2 Å². The zero-order chi connectivity index (χ0) is 15.2. The van der Waals surface area contributed by atoms with Crippen LogP contribution < -0.4 is 5.32 Å². The van der Waals surface area contributed by atoms with Gasteiger partial charge in [-0.25, -0.2) is 4.79 Å². The van der Waals surface area contributed by atoms with Crippen molar-refractivity contribution in [2.75, 3.05) is 19.8 Å². The standard InChI is InChI=1S/C13H19N3O5/c17-5-4-16-11-3-1-2-10(9(11)6-14-16)15-12(18)7-21-8-13(19)20/h6,10,17H,1-5,7-8H2,(H,15,18)(H,19,20). The third-order valence-electron chi connectivity index (χ3n) is 3.37. The van der Waals surface area contributed by atoms with E-state index in [1.807, 2.05) is 0 Å². The molecular weight excluding hydrogens is 278 g/mol. The zero-order valence-electron chi connectivity index (χ0n) is 11.6. The number of carbonyl (C=O) groups is 2. The Bertz CT molecular complexity index is 514. The van der Waals surface area contributed by atoms with Crippen LogP contribution in [0.25, 0.3) is 0 Å². The SMILES string of the molecule is O=C(O)COCC(=O)NC1CCCc2c1cnn2CCO. The van der Waals surface area contributed by atoms with Gasteiger partial charge >= 0.3 is 5.97 Å². The highest BCUT2D eigenvalue weighted by atomic mass is 16.5. The van der Waals surface area contributed by atoms with Gasteiger partial charge in [0.2, 0.25) is 5.91 Å². The molecule has 8 nitrogen and oxygen atoms in total. The lowest BCUT2D eigenvalue weighted by molar-refractivity contribution is -0.143. The van der Waals surface area contributed by atoms with Crippen molar-refractivity contribution in [1.82, 2.24) is 15.1 Å². The van der Waals surface area contributed by atoms with Crippen LogP contribution in [0.3, 0.4) is 0 Å². The number of rotatable bonds is 7. The third kappa shape index (κ3) is 4.02. The van der Waals surface area contributed by atoms with Crippen molar-refractivity contribution in [3.05, 3.63) is 17.5 Å². The second-order valence-corrected chi connectivity index (χ2v) is 4.89. The number of carbonyl (C=O) groups excluding carboxylic acids is 1. The first-order chi connectivity index (χ1) is 10.1. The number of hydrogen-bond acceptors (Lipinski definition) is 5. The fraction of sp³-hybridized carbons (Fsp3) is 0.615. The number of hydrogen-bond donors (Lipinski definition) is 3. The molecule has 3 N–H and O–H groups in total. The van der Waals surface area contributed by atoms with Crippen LogP contribution >= 0.6 is 0 Å². The molecule has 0 aliphatic heterocycles. The maximum absolute atomic E-state index is 11.7. The Hall–Kier alpha value is -1.93. The fourth-order valence-corrected chi connectivity index (χ4v) is 2.52. The Labute approximate surface area is 121 Å². The van der Waals surface area contributed by atoms with Crippen LogP contribution in [0, 0.1) is 0 Å². The van der Waals surface area contributed by atoms with Crippen LogP contribution in [0.1, 0.15) is 30.1 Å². The number of aromatic nitrogens is 2. The quantitative estimate of drug-likeness (QED) is 0.623. The second-order valence-electron chi connectivity index (χ2n) is 4.89. The van der Waals surface area contributed by atoms with E-state index < -0.39 is 12.6 Å². The monoisotopic (exact) mass is 297 g/mol. The molecule has 1 amide bonds. The van der Waals surface area contributed by atoms with Gasteiger partial charge in [-0.1, -0.05) is 0 Å². The third-order valence-corrected chi connectivity index (χ3v) is 3.37. The summed E-state index contributed by atoms with van der Waals surface area (Å²) >= 11 is 0. The van der Waals surface area contributed by atoms with E-state index in [0.29, 0.717) is 6.54 Å². The van der Waals surface area contributed by atoms with Crippen LogP contribution in [0.5, 0.6) is 0 Å². The van der Waals surface area contributed by atoms with Crippen molar-refractivity contribution < 1.29 is 24.5 Å². The highest BCUT2D eigenvalue weighted by Gasteiger charge is 2.25.